The summed E-state index contributed by atoms with van der Waals surface area (Å²) in [5, 5.41) is 19.2. The molecule has 0 bridgehead atoms. The van der Waals surface area contributed by atoms with E-state index in [2.05, 4.69) is 53.8 Å². The van der Waals surface area contributed by atoms with Crippen LogP contribution in [0, 0.1) is 48.4 Å². The van der Waals surface area contributed by atoms with E-state index >= 15 is 0 Å². The van der Waals surface area contributed by atoms with Gasteiger partial charge >= 0.3 is 0 Å². The van der Waals surface area contributed by atoms with Crippen LogP contribution in [0.25, 0.3) is 0 Å². The Hall–Kier alpha value is -2.95. The molecule has 2 atom stereocenters. The number of rotatable bonds is 32. The van der Waals surface area contributed by atoms with Gasteiger partial charge in [-0.3, -0.25) is 4.79 Å². The molecule has 3 heteroatoms. The van der Waals surface area contributed by atoms with Crippen LogP contribution in [0.3, 0.4) is 0 Å². The number of aliphatic hydroxyl groups excluding tert-OH is 2. The number of carbonyl (C=O) groups excluding carboxylic acids is 1. The number of terminal acetylenes is 2. The molecule has 0 aromatic rings. The van der Waals surface area contributed by atoms with Gasteiger partial charge in [-0.25, -0.2) is 0 Å². The number of ketones is 1. The maximum absolute atomic E-state index is 12.2. The van der Waals surface area contributed by atoms with Gasteiger partial charge in [-0.05, 0) is 89.2 Å². The van der Waals surface area contributed by atoms with E-state index in [0.717, 1.165) is 116 Å². The summed E-state index contributed by atoms with van der Waals surface area (Å²) in [5.41, 5.74) is 0. The van der Waals surface area contributed by atoms with Gasteiger partial charge in [-0.1, -0.05) is 143 Å². The number of hydrogen-bond acceptors (Lipinski definition) is 3. The molecule has 2 unspecified atom stereocenters. The summed E-state index contributed by atoms with van der Waals surface area (Å²) >= 11 is 0. The number of unbranched alkanes of at least 4 members (excludes halogenated alkanes) is 23. The lowest BCUT2D eigenvalue weighted by Crippen LogP contribution is -1.97. The first-order chi connectivity index (χ1) is 24.1. The van der Waals surface area contributed by atoms with Gasteiger partial charge in [-0.15, -0.1) is 12.8 Å². The first kappa shape index (κ1) is 46.0. The Kier molecular flexibility index (Phi) is 37.1. The Morgan fingerprint density at radius 3 is 1.41 bits per heavy atom. The van der Waals surface area contributed by atoms with Crippen molar-refractivity contribution < 1.29 is 15.0 Å². The minimum absolute atomic E-state index is 0.456. The summed E-state index contributed by atoms with van der Waals surface area (Å²) in [4.78, 5) is 12.2. The third-order valence-corrected chi connectivity index (χ3v) is 8.60. The van der Waals surface area contributed by atoms with Crippen molar-refractivity contribution in [3.8, 4) is 48.4 Å². The van der Waals surface area contributed by atoms with Crippen LogP contribution in [0.5, 0.6) is 0 Å². The molecule has 0 fully saturated rings. The second-order valence-electron chi connectivity index (χ2n) is 13.2. The van der Waals surface area contributed by atoms with E-state index in [0.29, 0.717) is 5.78 Å². The van der Waals surface area contributed by atoms with Crippen molar-refractivity contribution in [2.45, 2.75) is 198 Å². The third kappa shape index (κ3) is 39.4. The molecule has 0 rings (SSSR count). The van der Waals surface area contributed by atoms with Crippen molar-refractivity contribution in [1.82, 2.24) is 0 Å². The van der Waals surface area contributed by atoms with Crippen LogP contribution in [-0.4, -0.2) is 28.2 Å². The predicted molar refractivity (Wildman–Crippen MR) is 212 cm³/mol. The van der Waals surface area contributed by atoms with Gasteiger partial charge in [0.05, 0.1) is 0 Å². The van der Waals surface area contributed by atoms with E-state index in [4.69, 9.17) is 12.8 Å². The molecule has 0 aliphatic rings. The highest BCUT2D eigenvalue weighted by atomic mass is 16.3. The lowest BCUT2D eigenvalue weighted by atomic mass is 10.0. The highest BCUT2D eigenvalue weighted by Crippen LogP contribution is 2.14. The van der Waals surface area contributed by atoms with Crippen LogP contribution in [0.4, 0.5) is 0 Å². The smallest absolute Gasteiger partial charge is 0.176 e. The third-order valence-electron chi connectivity index (χ3n) is 8.60. The van der Waals surface area contributed by atoms with Gasteiger partial charge in [-0.2, -0.15) is 0 Å². The Morgan fingerprint density at radius 2 is 0.898 bits per heavy atom. The molecule has 272 valence electrons. The molecule has 0 amide bonds. The van der Waals surface area contributed by atoms with Crippen LogP contribution >= 0.6 is 0 Å². The van der Waals surface area contributed by atoms with E-state index in [1.807, 2.05) is 12.2 Å². The fourth-order valence-electron chi connectivity index (χ4n) is 5.58. The molecule has 0 aromatic heterocycles. The Morgan fingerprint density at radius 1 is 0.510 bits per heavy atom. The molecule has 0 aromatic carbocycles. The minimum Gasteiger partial charge on any atom is -0.377 e. The highest BCUT2D eigenvalue weighted by molar-refractivity contribution is 5.78. The monoisotopic (exact) mass is 671 g/mol. The zero-order chi connectivity index (χ0) is 35.7. The van der Waals surface area contributed by atoms with Crippen molar-refractivity contribution in [2.24, 2.45) is 0 Å². The minimum atomic E-state index is -0.850. The largest absolute Gasteiger partial charge is 0.377 e. The molecule has 0 spiro atoms. The highest BCUT2D eigenvalue weighted by Gasteiger charge is 2.02. The maximum Gasteiger partial charge on any atom is 0.176 e. The van der Waals surface area contributed by atoms with Crippen molar-refractivity contribution in [2.75, 3.05) is 0 Å². The van der Waals surface area contributed by atoms with Gasteiger partial charge in [0.2, 0.25) is 0 Å². The molecule has 0 saturated heterocycles. The molecule has 49 heavy (non-hydrogen) atoms. The van der Waals surface area contributed by atoms with Crippen LogP contribution in [0.15, 0.2) is 36.5 Å². The quantitative estimate of drug-likeness (QED) is 0.0425. The molecule has 0 heterocycles. The van der Waals surface area contributed by atoms with Gasteiger partial charge < -0.3 is 10.2 Å². The molecule has 2 N–H and O–H groups in total. The first-order valence-corrected chi connectivity index (χ1v) is 19.8. The van der Waals surface area contributed by atoms with Crippen molar-refractivity contribution in [3.05, 3.63) is 36.5 Å². The Bertz CT molecular complexity index is 1060. The van der Waals surface area contributed by atoms with E-state index in [1.54, 1.807) is 6.08 Å². The van der Waals surface area contributed by atoms with Crippen LogP contribution in [0.2, 0.25) is 0 Å². The SMILES string of the molecule is C#C/C=C\CCCCCCCCCCCCCCC(=O)CCCCC/C=C\CCCCC#CC(O)C#CCCCCCC/C=C/C(O)C#C. The molecule has 0 aliphatic carbocycles. The van der Waals surface area contributed by atoms with E-state index in [9.17, 15) is 15.0 Å². The molecular formula is C46H70O3. The average molecular weight is 671 g/mol. The number of allylic oxidation sites excluding steroid dienone is 5. The summed E-state index contributed by atoms with van der Waals surface area (Å²) < 4.78 is 0. The Balaban J connectivity index is 3.45. The summed E-state index contributed by atoms with van der Waals surface area (Å²) in [6, 6.07) is 0. The number of aliphatic hydroxyl groups is 2. The fourth-order valence-corrected chi connectivity index (χ4v) is 5.58. The van der Waals surface area contributed by atoms with E-state index in [1.165, 1.54) is 70.6 Å². The van der Waals surface area contributed by atoms with Gasteiger partial charge in [0, 0.05) is 25.7 Å². The van der Waals surface area contributed by atoms with Crippen LogP contribution in [-0.2, 0) is 4.79 Å². The second kappa shape index (κ2) is 39.5. The second-order valence-corrected chi connectivity index (χ2v) is 13.2. The summed E-state index contributed by atoms with van der Waals surface area (Å²) in [6.45, 7) is 0. The number of Topliss-reactive ketones (excluding diaryl/α,β-unsaturated/α-hetero) is 1. The lowest BCUT2D eigenvalue weighted by Gasteiger charge is -2.03. The van der Waals surface area contributed by atoms with Crippen molar-refractivity contribution >= 4 is 5.78 Å². The van der Waals surface area contributed by atoms with E-state index < -0.39 is 12.2 Å². The zero-order valence-electron chi connectivity index (χ0n) is 31.1. The number of carbonyl (C=O) groups is 1. The zero-order valence-corrected chi connectivity index (χ0v) is 31.1. The van der Waals surface area contributed by atoms with Crippen molar-refractivity contribution in [3.63, 3.8) is 0 Å². The van der Waals surface area contributed by atoms with Gasteiger partial charge in [0.15, 0.2) is 6.10 Å². The van der Waals surface area contributed by atoms with Crippen LogP contribution in [0.1, 0.15) is 186 Å². The average Bonchev–Trinajstić information content (AvgIpc) is 3.10. The number of hydrogen-bond donors (Lipinski definition) is 2. The lowest BCUT2D eigenvalue weighted by molar-refractivity contribution is -0.119. The fraction of sp³-hybridized carbons (Fsp3) is 0.674. The first-order valence-electron chi connectivity index (χ1n) is 19.8. The topological polar surface area (TPSA) is 57.5 Å². The van der Waals surface area contributed by atoms with Crippen molar-refractivity contribution in [1.29, 1.82) is 0 Å². The summed E-state index contributed by atoms with van der Waals surface area (Å²) in [6.07, 6.45) is 53.5. The van der Waals surface area contributed by atoms with Gasteiger partial charge in [0.25, 0.3) is 0 Å². The summed E-state index contributed by atoms with van der Waals surface area (Å²) in [5.74, 6) is 17.0. The predicted octanol–water partition coefficient (Wildman–Crippen LogP) is 11.5. The van der Waals surface area contributed by atoms with Gasteiger partial charge in [0.1, 0.15) is 11.9 Å². The van der Waals surface area contributed by atoms with Crippen LogP contribution < -0.4 is 0 Å². The molecule has 0 radical (unpaired) electrons. The standard InChI is InChI=1S/C46H70O3/c1-3-5-6-7-8-9-10-11-12-13-14-16-19-25-30-35-40-45(48)41-36-31-26-20-17-15-18-21-27-32-37-42-46(49)43-38-33-28-23-22-24-29-34-39-44(47)4-2/h1-2,5-6,15,17,34,39,44,46-47,49H,7-14,16,18-33,35-36,40-41H2/b6-5-,17-15-,39-34+. The molecule has 0 aliphatic heterocycles. The summed E-state index contributed by atoms with van der Waals surface area (Å²) in [7, 11) is 0. The maximum atomic E-state index is 12.2. The molecule has 3 nitrogen and oxygen atoms in total. The molecule has 0 saturated carbocycles. The normalized spacial score (nSPS) is 12.3. The Labute approximate surface area is 303 Å². The van der Waals surface area contributed by atoms with E-state index in [-0.39, 0.29) is 0 Å². The molecular weight excluding hydrogens is 601 g/mol.